The largest absolute Gasteiger partial charge is 0.322 e. The van der Waals surface area contributed by atoms with Crippen molar-refractivity contribution in [1.82, 2.24) is 19.6 Å². The summed E-state index contributed by atoms with van der Waals surface area (Å²) >= 11 is 0. The van der Waals surface area contributed by atoms with Crippen LogP contribution < -0.4 is 10.9 Å². The molecule has 2 aromatic carbocycles. The highest BCUT2D eigenvalue weighted by molar-refractivity contribution is 5.91. The van der Waals surface area contributed by atoms with Gasteiger partial charge >= 0.3 is 0 Å². The van der Waals surface area contributed by atoms with Crippen LogP contribution in [0.3, 0.4) is 0 Å². The van der Waals surface area contributed by atoms with Crippen molar-refractivity contribution >= 4 is 22.5 Å². The van der Waals surface area contributed by atoms with Gasteiger partial charge in [-0.25, -0.2) is 22.5 Å². The standard InChI is InChI=1S/C22H16F3N5O2/c23-13-3-6-15(7-4-13)30-21-16(10-26-30)20(12-1-2-12)28-29(22(21)32)11-19(31)27-18-8-5-14(24)9-17(18)25/h3-10,12H,1-2,11H2,(H,27,31). The number of halogens is 3. The summed E-state index contributed by atoms with van der Waals surface area (Å²) < 4.78 is 42.7. The number of benzene rings is 2. The molecule has 1 N–H and O–H groups in total. The van der Waals surface area contributed by atoms with E-state index in [0.717, 1.165) is 29.7 Å². The molecule has 1 aliphatic carbocycles. The Morgan fingerprint density at radius 2 is 1.78 bits per heavy atom. The van der Waals surface area contributed by atoms with E-state index in [1.54, 1.807) is 6.20 Å². The minimum atomic E-state index is -0.929. The lowest BCUT2D eigenvalue weighted by atomic mass is 10.2. The zero-order chi connectivity index (χ0) is 22.4. The second kappa shape index (κ2) is 7.63. The predicted octanol–water partition coefficient (Wildman–Crippen LogP) is 3.52. The Balaban J connectivity index is 1.55. The zero-order valence-corrected chi connectivity index (χ0v) is 16.6. The van der Waals surface area contributed by atoms with Crippen LogP contribution in [0.5, 0.6) is 0 Å². The maximum absolute atomic E-state index is 13.9. The van der Waals surface area contributed by atoms with Crippen molar-refractivity contribution in [2.24, 2.45) is 0 Å². The second-order valence-corrected chi connectivity index (χ2v) is 7.59. The third-order valence-corrected chi connectivity index (χ3v) is 5.24. The summed E-state index contributed by atoms with van der Waals surface area (Å²) in [4.78, 5) is 25.7. The summed E-state index contributed by atoms with van der Waals surface area (Å²) in [5.41, 5.74) is 0.573. The minimum Gasteiger partial charge on any atom is -0.322 e. The number of hydrogen-bond donors (Lipinski definition) is 1. The Hall–Kier alpha value is -3.95. The molecule has 1 fully saturated rings. The van der Waals surface area contributed by atoms with E-state index in [0.29, 0.717) is 22.8 Å². The number of hydrogen-bond acceptors (Lipinski definition) is 4. The van der Waals surface area contributed by atoms with Crippen LogP contribution in [-0.2, 0) is 11.3 Å². The Morgan fingerprint density at radius 3 is 2.47 bits per heavy atom. The van der Waals surface area contributed by atoms with Crippen LogP contribution in [0.2, 0.25) is 0 Å². The highest BCUT2D eigenvalue weighted by Crippen LogP contribution is 2.41. The molecular formula is C22H16F3N5O2. The first-order chi connectivity index (χ1) is 15.4. The predicted molar refractivity (Wildman–Crippen MR) is 110 cm³/mol. The Kier molecular flexibility index (Phi) is 4.76. The molecule has 0 bridgehead atoms. The summed E-state index contributed by atoms with van der Waals surface area (Å²) in [5, 5.41) is 11.6. The molecule has 4 aromatic rings. The molecule has 5 rings (SSSR count). The van der Waals surface area contributed by atoms with Crippen molar-refractivity contribution in [3.63, 3.8) is 0 Å². The van der Waals surface area contributed by atoms with Crippen LogP contribution in [0.15, 0.2) is 53.5 Å². The highest BCUT2D eigenvalue weighted by Gasteiger charge is 2.30. The van der Waals surface area contributed by atoms with E-state index in [1.165, 1.54) is 28.9 Å². The molecule has 0 unspecified atom stereocenters. The molecule has 7 nitrogen and oxygen atoms in total. The molecule has 0 saturated heterocycles. The first-order valence-electron chi connectivity index (χ1n) is 9.90. The van der Waals surface area contributed by atoms with Gasteiger partial charge in [0.2, 0.25) is 5.91 Å². The average molecular weight is 439 g/mol. The Labute approximate surface area is 179 Å². The fourth-order valence-corrected chi connectivity index (χ4v) is 3.55. The maximum atomic E-state index is 13.9. The van der Waals surface area contributed by atoms with Gasteiger partial charge < -0.3 is 5.32 Å². The van der Waals surface area contributed by atoms with E-state index in [9.17, 15) is 22.8 Å². The summed E-state index contributed by atoms with van der Waals surface area (Å²) in [6, 6.07) is 8.27. The quantitative estimate of drug-likeness (QED) is 0.516. The zero-order valence-electron chi connectivity index (χ0n) is 16.6. The third-order valence-electron chi connectivity index (χ3n) is 5.24. The number of amides is 1. The van der Waals surface area contributed by atoms with Gasteiger partial charge in [0.15, 0.2) is 0 Å². The van der Waals surface area contributed by atoms with Crippen LogP contribution >= 0.6 is 0 Å². The summed E-state index contributed by atoms with van der Waals surface area (Å²) in [7, 11) is 0. The molecule has 0 spiro atoms. The Bertz CT molecular complexity index is 1410. The number of carbonyl (C=O) groups is 1. The lowest BCUT2D eigenvalue weighted by Gasteiger charge is -2.11. The van der Waals surface area contributed by atoms with Crippen LogP contribution in [-0.4, -0.2) is 25.5 Å². The lowest BCUT2D eigenvalue weighted by Crippen LogP contribution is -2.31. The molecule has 1 saturated carbocycles. The monoisotopic (exact) mass is 439 g/mol. The van der Waals surface area contributed by atoms with Gasteiger partial charge in [-0.05, 0) is 49.2 Å². The SMILES string of the molecule is O=C(Cn1nc(C2CC2)c2cnn(-c3ccc(F)cc3)c2c1=O)Nc1ccc(F)cc1F. The molecule has 10 heteroatoms. The van der Waals surface area contributed by atoms with E-state index in [-0.39, 0.29) is 17.1 Å². The lowest BCUT2D eigenvalue weighted by molar-refractivity contribution is -0.117. The molecule has 2 aromatic heterocycles. The van der Waals surface area contributed by atoms with Gasteiger partial charge in [0.05, 0.1) is 23.3 Å². The Morgan fingerprint density at radius 1 is 1.06 bits per heavy atom. The van der Waals surface area contributed by atoms with Crippen molar-refractivity contribution in [2.75, 3.05) is 5.32 Å². The van der Waals surface area contributed by atoms with Crippen molar-refractivity contribution in [2.45, 2.75) is 25.3 Å². The van der Waals surface area contributed by atoms with Crippen LogP contribution in [0, 0.1) is 17.5 Å². The topological polar surface area (TPSA) is 81.8 Å². The maximum Gasteiger partial charge on any atom is 0.293 e. The summed E-state index contributed by atoms with van der Waals surface area (Å²) in [6.07, 6.45) is 3.34. The molecule has 1 amide bonds. The van der Waals surface area contributed by atoms with E-state index >= 15 is 0 Å². The molecule has 0 aliphatic heterocycles. The van der Waals surface area contributed by atoms with Crippen molar-refractivity contribution in [1.29, 1.82) is 0 Å². The van der Waals surface area contributed by atoms with Gasteiger partial charge in [-0.2, -0.15) is 10.2 Å². The first kappa shape index (κ1) is 20.0. The van der Waals surface area contributed by atoms with Crippen LogP contribution in [0.4, 0.5) is 18.9 Å². The molecule has 0 atom stereocenters. The van der Waals surface area contributed by atoms with E-state index in [1.807, 2.05) is 0 Å². The number of carbonyl (C=O) groups excluding carboxylic acids is 1. The van der Waals surface area contributed by atoms with E-state index in [2.05, 4.69) is 15.5 Å². The highest BCUT2D eigenvalue weighted by atomic mass is 19.1. The summed E-state index contributed by atoms with van der Waals surface area (Å²) in [5.74, 6) is -2.67. The summed E-state index contributed by atoms with van der Waals surface area (Å²) in [6.45, 7) is -0.472. The third kappa shape index (κ3) is 3.64. The molecule has 2 heterocycles. The van der Waals surface area contributed by atoms with E-state index < -0.39 is 35.5 Å². The fraction of sp³-hybridized carbons (Fsp3) is 0.182. The first-order valence-corrected chi connectivity index (χ1v) is 9.90. The van der Waals surface area contributed by atoms with Gasteiger partial charge in [-0.15, -0.1) is 0 Å². The average Bonchev–Trinajstić information content (AvgIpc) is 3.51. The van der Waals surface area contributed by atoms with Crippen molar-refractivity contribution < 1.29 is 18.0 Å². The van der Waals surface area contributed by atoms with E-state index in [4.69, 9.17) is 0 Å². The minimum absolute atomic E-state index is 0.146. The van der Waals surface area contributed by atoms with Gasteiger partial charge in [-0.3, -0.25) is 9.59 Å². The van der Waals surface area contributed by atoms with Gasteiger partial charge in [-0.1, -0.05) is 0 Å². The van der Waals surface area contributed by atoms with Gasteiger partial charge in [0.25, 0.3) is 5.56 Å². The number of nitrogens with zero attached hydrogens (tertiary/aromatic N) is 4. The molecule has 0 radical (unpaired) electrons. The molecular weight excluding hydrogens is 423 g/mol. The van der Waals surface area contributed by atoms with Crippen molar-refractivity contribution in [3.05, 3.63) is 82.2 Å². The fourth-order valence-electron chi connectivity index (χ4n) is 3.55. The van der Waals surface area contributed by atoms with Gasteiger partial charge in [0, 0.05) is 17.4 Å². The normalized spacial score (nSPS) is 13.5. The number of fused-ring (bicyclic) bond motifs is 1. The van der Waals surface area contributed by atoms with Crippen LogP contribution in [0.25, 0.3) is 16.6 Å². The smallest absolute Gasteiger partial charge is 0.293 e. The number of rotatable bonds is 5. The molecule has 32 heavy (non-hydrogen) atoms. The molecule has 162 valence electrons. The molecule has 1 aliphatic rings. The number of anilines is 1. The second-order valence-electron chi connectivity index (χ2n) is 7.59. The number of nitrogens with one attached hydrogen (secondary N) is 1. The number of aromatic nitrogens is 4. The van der Waals surface area contributed by atoms with Gasteiger partial charge in [0.1, 0.15) is 29.5 Å². The van der Waals surface area contributed by atoms with Crippen LogP contribution in [0.1, 0.15) is 24.5 Å². The van der Waals surface area contributed by atoms with Crippen molar-refractivity contribution in [3.8, 4) is 5.69 Å².